The topological polar surface area (TPSA) is 64.1 Å². The summed E-state index contributed by atoms with van der Waals surface area (Å²) in [4.78, 5) is 30.0. The van der Waals surface area contributed by atoms with Gasteiger partial charge in [-0.15, -0.1) is 11.3 Å². The average molecular weight is 435 g/mol. The minimum Gasteiger partial charge on any atom is -0.497 e. The normalized spacial score (nSPS) is 11.3. The smallest absolute Gasteiger partial charge is 0.333 e. The van der Waals surface area contributed by atoms with Crippen molar-refractivity contribution in [2.75, 3.05) is 7.11 Å². The lowest BCUT2D eigenvalue weighted by molar-refractivity contribution is 0.415. The molecule has 1 N–H and O–H groups in total. The van der Waals surface area contributed by atoms with E-state index in [0.29, 0.717) is 26.7 Å². The number of nitrogens with one attached hydrogen (secondary N) is 1. The number of aromatic nitrogens is 2. The van der Waals surface area contributed by atoms with Crippen molar-refractivity contribution >= 4 is 43.9 Å². The number of aromatic amines is 1. The molecular weight excluding hydrogens is 420 g/mol. The Labute approximate surface area is 179 Å². The first-order valence-corrected chi connectivity index (χ1v) is 10.4. The van der Waals surface area contributed by atoms with Crippen molar-refractivity contribution in [3.8, 4) is 21.9 Å². The van der Waals surface area contributed by atoms with Crippen LogP contribution in [-0.4, -0.2) is 16.7 Å². The number of halogens is 1. The molecule has 0 saturated heterocycles. The van der Waals surface area contributed by atoms with E-state index in [2.05, 4.69) is 4.98 Å². The SMILES string of the molecule is COc1ccc2cccc(-n3c(=O)[nH]c4cc(-c5ccccc5Cl)sc4c3=O)c2c1. The summed E-state index contributed by atoms with van der Waals surface area (Å²) < 4.78 is 6.96. The molecule has 0 aliphatic heterocycles. The first-order chi connectivity index (χ1) is 14.6. The Hall–Kier alpha value is -3.35. The molecule has 0 bridgehead atoms. The number of thiophene rings is 1. The molecule has 2 heterocycles. The highest BCUT2D eigenvalue weighted by atomic mass is 35.5. The van der Waals surface area contributed by atoms with Gasteiger partial charge in [0.05, 0.1) is 18.3 Å². The summed E-state index contributed by atoms with van der Waals surface area (Å²) in [5.74, 6) is 0.651. The van der Waals surface area contributed by atoms with Gasteiger partial charge < -0.3 is 9.72 Å². The number of nitrogens with zero attached hydrogens (tertiary/aromatic N) is 1. The van der Waals surface area contributed by atoms with Gasteiger partial charge in [-0.2, -0.15) is 0 Å². The van der Waals surface area contributed by atoms with E-state index in [-0.39, 0.29) is 5.56 Å². The average Bonchev–Trinajstić information content (AvgIpc) is 3.18. The van der Waals surface area contributed by atoms with E-state index in [1.54, 1.807) is 25.3 Å². The van der Waals surface area contributed by atoms with Crippen LogP contribution in [0.4, 0.5) is 0 Å². The van der Waals surface area contributed by atoms with E-state index >= 15 is 0 Å². The number of ether oxygens (including phenoxy) is 1. The maximum absolute atomic E-state index is 13.4. The predicted molar refractivity (Wildman–Crippen MR) is 123 cm³/mol. The third-order valence-electron chi connectivity index (χ3n) is 5.02. The molecule has 5 aromatic rings. The van der Waals surface area contributed by atoms with Gasteiger partial charge in [-0.3, -0.25) is 4.79 Å². The summed E-state index contributed by atoms with van der Waals surface area (Å²) in [7, 11) is 1.58. The molecule has 2 aromatic heterocycles. The van der Waals surface area contributed by atoms with Gasteiger partial charge in [-0.05, 0) is 35.7 Å². The van der Waals surface area contributed by atoms with Gasteiger partial charge in [0.2, 0.25) is 0 Å². The lowest BCUT2D eigenvalue weighted by atomic mass is 10.1. The molecule has 7 heteroatoms. The summed E-state index contributed by atoms with van der Waals surface area (Å²) in [6, 6.07) is 20.3. The molecule has 0 saturated carbocycles. The van der Waals surface area contributed by atoms with Crippen LogP contribution in [0.5, 0.6) is 5.75 Å². The van der Waals surface area contributed by atoms with Crippen LogP contribution in [0.2, 0.25) is 5.02 Å². The zero-order valence-electron chi connectivity index (χ0n) is 15.8. The Morgan fingerprint density at radius 1 is 1.00 bits per heavy atom. The van der Waals surface area contributed by atoms with Crippen molar-refractivity contribution in [2.24, 2.45) is 0 Å². The van der Waals surface area contributed by atoms with Gasteiger partial charge in [-0.25, -0.2) is 9.36 Å². The fraction of sp³-hybridized carbons (Fsp3) is 0.0435. The molecular formula is C23H15ClN2O3S. The van der Waals surface area contributed by atoms with E-state index in [9.17, 15) is 9.59 Å². The number of rotatable bonds is 3. The lowest BCUT2D eigenvalue weighted by Crippen LogP contribution is -2.33. The Kier molecular flexibility index (Phi) is 4.46. The maximum Gasteiger partial charge on any atom is 0.333 e. The molecule has 148 valence electrons. The molecule has 0 fully saturated rings. The van der Waals surface area contributed by atoms with Crippen molar-refractivity contribution < 1.29 is 4.74 Å². The predicted octanol–water partition coefficient (Wildman–Crippen LogP) is 5.22. The minimum atomic E-state index is -0.494. The largest absolute Gasteiger partial charge is 0.497 e. The van der Waals surface area contributed by atoms with Crippen LogP contribution in [0.25, 0.3) is 37.1 Å². The number of hydrogen-bond acceptors (Lipinski definition) is 4. The fourth-order valence-electron chi connectivity index (χ4n) is 3.58. The second-order valence-corrected chi connectivity index (χ2v) is 8.23. The highest BCUT2D eigenvalue weighted by Gasteiger charge is 2.16. The van der Waals surface area contributed by atoms with Crippen molar-refractivity contribution in [2.45, 2.75) is 0 Å². The molecule has 0 atom stereocenters. The van der Waals surface area contributed by atoms with E-state index in [4.69, 9.17) is 16.3 Å². The van der Waals surface area contributed by atoms with Crippen molar-refractivity contribution in [1.29, 1.82) is 0 Å². The number of benzene rings is 3. The molecule has 3 aromatic carbocycles. The molecule has 5 rings (SSSR count). The minimum absolute atomic E-state index is 0.368. The monoisotopic (exact) mass is 434 g/mol. The number of methoxy groups -OCH3 is 1. The zero-order valence-corrected chi connectivity index (χ0v) is 17.4. The highest BCUT2D eigenvalue weighted by molar-refractivity contribution is 7.22. The highest BCUT2D eigenvalue weighted by Crippen LogP contribution is 2.35. The fourth-order valence-corrected chi connectivity index (χ4v) is 4.95. The third kappa shape index (κ3) is 2.93. The second kappa shape index (κ2) is 7.16. The van der Waals surface area contributed by atoms with E-state index in [0.717, 1.165) is 21.2 Å². The molecule has 0 radical (unpaired) electrons. The van der Waals surface area contributed by atoms with Crippen LogP contribution in [0.1, 0.15) is 0 Å². The molecule has 0 aliphatic rings. The molecule has 0 amide bonds. The maximum atomic E-state index is 13.4. The summed E-state index contributed by atoms with van der Waals surface area (Å²) >= 11 is 7.63. The van der Waals surface area contributed by atoms with Gasteiger partial charge in [0.15, 0.2) is 0 Å². The molecule has 30 heavy (non-hydrogen) atoms. The van der Waals surface area contributed by atoms with Gasteiger partial charge in [0.1, 0.15) is 10.4 Å². The molecule has 0 aliphatic carbocycles. The van der Waals surface area contributed by atoms with Crippen LogP contribution < -0.4 is 16.0 Å². The van der Waals surface area contributed by atoms with Gasteiger partial charge in [0.25, 0.3) is 5.56 Å². The lowest BCUT2D eigenvalue weighted by Gasteiger charge is -2.10. The zero-order chi connectivity index (χ0) is 20.8. The summed E-state index contributed by atoms with van der Waals surface area (Å²) in [5, 5.41) is 2.25. The van der Waals surface area contributed by atoms with Crippen LogP contribution in [0.15, 0.2) is 76.3 Å². The van der Waals surface area contributed by atoms with Crippen LogP contribution in [0, 0.1) is 0 Å². The van der Waals surface area contributed by atoms with Crippen molar-refractivity contribution in [3.05, 3.63) is 92.6 Å². The van der Waals surface area contributed by atoms with Crippen molar-refractivity contribution in [1.82, 2.24) is 9.55 Å². The van der Waals surface area contributed by atoms with Gasteiger partial charge in [-0.1, -0.05) is 48.0 Å². The van der Waals surface area contributed by atoms with Crippen LogP contribution in [0.3, 0.4) is 0 Å². The third-order valence-corrected chi connectivity index (χ3v) is 6.51. The standard InChI is InChI=1S/C23H15ClN2O3S/c1-29-14-10-9-13-5-4-8-19(16(13)11-14)26-22(27)21-18(25-23(26)28)12-20(30-21)15-6-2-3-7-17(15)24/h2-12H,1H3,(H,25,28). The first kappa shape index (κ1) is 18.7. The molecule has 0 unspecified atom stereocenters. The summed E-state index contributed by atoms with van der Waals surface area (Å²) in [6.45, 7) is 0. The Bertz CT molecular complexity index is 1550. The summed E-state index contributed by atoms with van der Waals surface area (Å²) in [6.07, 6.45) is 0. The van der Waals surface area contributed by atoms with E-state index < -0.39 is 5.69 Å². The van der Waals surface area contributed by atoms with Crippen molar-refractivity contribution in [3.63, 3.8) is 0 Å². The second-order valence-electron chi connectivity index (χ2n) is 6.77. The van der Waals surface area contributed by atoms with Gasteiger partial charge in [0, 0.05) is 20.8 Å². The first-order valence-electron chi connectivity index (χ1n) is 9.18. The quantitative estimate of drug-likeness (QED) is 0.423. The summed E-state index contributed by atoms with van der Waals surface area (Å²) in [5.41, 5.74) is 0.965. The van der Waals surface area contributed by atoms with Crippen LogP contribution in [-0.2, 0) is 0 Å². The molecule has 5 nitrogen and oxygen atoms in total. The number of hydrogen-bond donors (Lipinski definition) is 1. The Balaban J connectivity index is 1.79. The molecule has 0 spiro atoms. The van der Waals surface area contributed by atoms with Crippen LogP contribution >= 0.6 is 22.9 Å². The Morgan fingerprint density at radius 3 is 2.63 bits per heavy atom. The number of fused-ring (bicyclic) bond motifs is 2. The van der Waals surface area contributed by atoms with E-state index in [1.165, 1.54) is 15.9 Å². The Morgan fingerprint density at radius 2 is 1.83 bits per heavy atom. The van der Waals surface area contributed by atoms with E-state index in [1.807, 2.05) is 48.5 Å². The van der Waals surface area contributed by atoms with Gasteiger partial charge >= 0.3 is 5.69 Å². The number of H-pyrrole nitrogens is 1.